The van der Waals surface area contributed by atoms with Crippen molar-refractivity contribution in [2.75, 3.05) is 7.11 Å². The van der Waals surface area contributed by atoms with Crippen molar-refractivity contribution >= 4 is 23.2 Å². The lowest BCUT2D eigenvalue weighted by atomic mass is 10.0. The van der Waals surface area contributed by atoms with Crippen molar-refractivity contribution < 1.29 is 14.3 Å². The van der Waals surface area contributed by atoms with Crippen LogP contribution in [-0.2, 0) is 4.79 Å². The lowest BCUT2D eigenvalue weighted by molar-refractivity contribution is -0.124. The zero-order chi connectivity index (χ0) is 18.4. The third-order valence-electron chi connectivity index (χ3n) is 3.92. The van der Waals surface area contributed by atoms with Crippen molar-refractivity contribution in [3.63, 3.8) is 0 Å². The molecule has 0 saturated heterocycles. The number of rotatable bonds is 7. The number of carbonyl (C=O) groups is 2. The molecule has 2 aromatic rings. The summed E-state index contributed by atoms with van der Waals surface area (Å²) in [6.45, 7) is 5.74. The number of methoxy groups -OCH3 is 1. The van der Waals surface area contributed by atoms with Crippen molar-refractivity contribution in [1.82, 2.24) is 10.6 Å². The fraction of sp³-hybridized carbons (Fsp3) is 0.368. The number of ether oxygens (including phenoxy) is 1. The SMILES string of the molecule is COc1ccccc1C(=O)NC(C(=O)NC(C)c1cccs1)C(C)C. The second-order valence-corrected chi connectivity index (χ2v) is 7.12. The minimum Gasteiger partial charge on any atom is -0.496 e. The Balaban J connectivity index is 2.09. The topological polar surface area (TPSA) is 67.4 Å². The molecule has 0 aliphatic carbocycles. The summed E-state index contributed by atoms with van der Waals surface area (Å²) in [5.74, 6) is -0.0849. The van der Waals surface area contributed by atoms with Gasteiger partial charge in [0.05, 0.1) is 18.7 Å². The Morgan fingerprint density at radius 3 is 2.36 bits per heavy atom. The minimum atomic E-state index is -0.625. The van der Waals surface area contributed by atoms with Crippen LogP contribution < -0.4 is 15.4 Å². The molecule has 0 aliphatic rings. The maximum Gasteiger partial charge on any atom is 0.255 e. The summed E-state index contributed by atoms with van der Waals surface area (Å²) in [6, 6.07) is 10.2. The lowest BCUT2D eigenvalue weighted by Crippen LogP contribution is -2.50. The minimum absolute atomic E-state index is 0.0470. The Bertz CT molecular complexity index is 713. The predicted molar refractivity (Wildman–Crippen MR) is 100.0 cm³/mol. The van der Waals surface area contributed by atoms with Gasteiger partial charge >= 0.3 is 0 Å². The molecular formula is C19H24N2O3S. The van der Waals surface area contributed by atoms with Gasteiger partial charge in [0, 0.05) is 4.88 Å². The van der Waals surface area contributed by atoms with E-state index in [0.29, 0.717) is 11.3 Å². The normalized spacial score (nSPS) is 13.2. The van der Waals surface area contributed by atoms with E-state index in [2.05, 4.69) is 10.6 Å². The van der Waals surface area contributed by atoms with Crippen molar-refractivity contribution in [2.45, 2.75) is 32.9 Å². The Kier molecular flexibility index (Phi) is 6.58. The summed E-state index contributed by atoms with van der Waals surface area (Å²) in [5.41, 5.74) is 0.412. The Labute approximate surface area is 152 Å². The number of nitrogens with one attached hydrogen (secondary N) is 2. The molecule has 0 fully saturated rings. The molecule has 134 valence electrons. The third-order valence-corrected chi connectivity index (χ3v) is 4.97. The van der Waals surface area contributed by atoms with Crippen LogP contribution in [0, 0.1) is 5.92 Å². The Morgan fingerprint density at radius 1 is 1.04 bits per heavy atom. The number of para-hydroxylation sites is 1. The van der Waals surface area contributed by atoms with Crippen molar-refractivity contribution in [2.24, 2.45) is 5.92 Å². The predicted octanol–water partition coefficient (Wildman–Crippen LogP) is 3.39. The number of hydrogen-bond acceptors (Lipinski definition) is 4. The molecule has 0 radical (unpaired) electrons. The zero-order valence-electron chi connectivity index (χ0n) is 14.9. The van der Waals surface area contributed by atoms with E-state index in [9.17, 15) is 9.59 Å². The van der Waals surface area contributed by atoms with Gasteiger partial charge in [0.15, 0.2) is 0 Å². The van der Waals surface area contributed by atoms with Gasteiger partial charge in [-0.15, -0.1) is 11.3 Å². The molecule has 6 heteroatoms. The van der Waals surface area contributed by atoms with Gasteiger partial charge in [-0.2, -0.15) is 0 Å². The fourth-order valence-electron chi connectivity index (χ4n) is 2.50. The van der Waals surface area contributed by atoms with Crippen LogP contribution in [0.4, 0.5) is 0 Å². The van der Waals surface area contributed by atoms with Crippen LogP contribution in [0.2, 0.25) is 0 Å². The van der Waals surface area contributed by atoms with Crippen LogP contribution in [0.1, 0.15) is 42.0 Å². The molecule has 2 amide bonds. The molecule has 0 aliphatic heterocycles. The number of carbonyl (C=O) groups excluding carboxylic acids is 2. The van der Waals surface area contributed by atoms with Crippen LogP contribution in [0.25, 0.3) is 0 Å². The number of benzene rings is 1. The lowest BCUT2D eigenvalue weighted by Gasteiger charge is -2.24. The molecule has 0 saturated carbocycles. The summed E-state index contributed by atoms with van der Waals surface area (Å²) in [7, 11) is 1.52. The van der Waals surface area contributed by atoms with E-state index in [1.54, 1.807) is 35.6 Å². The molecule has 2 rings (SSSR count). The molecule has 1 heterocycles. The molecule has 25 heavy (non-hydrogen) atoms. The van der Waals surface area contributed by atoms with Gasteiger partial charge in [0.1, 0.15) is 11.8 Å². The monoisotopic (exact) mass is 360 g/mol. The maximum absolute atomic E-state index is 12.7. The highest BCUT2D eigenvalue weighted by Gasteiger charge is 2.27. The first-order valence-corrected chi connectivity index (χ1v) is 9.09. The van der Waals surface area contributed by atoms with E-state index in [1.807, 2.05) is 38.3 Å². The van der Waals surface area contributed by atoms with Crippen molar-refractivity contribution in [1.29, 1.82) is 0 Å². The summed E-state index contributed by atoms with van der Waals surface area (Å²) < 4.78 is 5.22. The first-order valence-electron chi connectivity index (χ1n) is 8.21. The van der Waals surface area contributed by atoms with Gasteiger partial charge in [-0.25, -0.2) is 0 Å². The van der Waals surface area contributed by atoms with Crippen LogP contribution >= 0.6 is 11.3 Å². The summed E-state index contributed by atoms with van der Waals surface area (Å²) in [4.78, 5) is 26.3. The maximum atomic E-state index is 12.7. The van der Waals surface area contributed by atoms with E-state index in [0.717, 1.165) is 4.88 Å². The molecule has 0 spiro atoms. The first kappa shape index (κ1) is 19.0. The molecule has 2 N–H and O–H groups in total. The van der Waals surface area contributed by atoms with E-state index in [1.165, 1.54) is 7.11 Å². The Morgan fingerprint density at radius 2 is 1.76 bits per heavy atom. The quantitative estimate of drug-likeness (QED) is 0.795. The largest absolute Gasteiger partial charge is 0.496 e. The molecule has 2 unspecified atom stereocenters. The van der Waals surface area contributed by atoms with Crippen molar-refractivity contribution in [3.05, 3.63) is 52.2 Å². The second kappa shape index (κ2) is 8.67. The fourth-order valence-corrected chi connectivity index (χ4v) is 3.23. The highest BCUT2D eigenvalue weighted by Crippen LogP contribution is 2.20. The smallest absolute Gasteiger partial charge is 0.255 e. The summed E-state index contributed by atoms with van der Waals surface area (Å²) in [5, 5.41) is 7.78. The van der Waals surface area contributed by atoms with Crippen LogP contribution in [-0.4, -0.2) is 25.0 Å². The van der Waals surface area contributed by atoms with Crippen LogP contribution in [0.15, 0.2) is 41.8 Å². The highest BCUT2D eigenvalue weighted by molar-refractivity contribution is 7.10. The standard InChI is InChI=1S/C19H24N2O3S/c1-12(2)17(19(23)20-13(3)16-10-7-11-25-16)21-18(22)14-8-5-6-9-15(14)24-4/h5-13,17H,1-4H3,(H,20,23)(H,21,22). The first-order chi connectivity index (χ1) is 11.9. The molecule has 0 bridgehead atoms. The molecule has 5 nitrogen and oxygen atoms in total. The average molecular weight is 360 g/mol. The van der Waals surface area contributed by atoms with Gasteiger partial charge < -0.3 is 15.4 Å². The van der Waals surface area contributed by atoms with Gasteiger partial charge in [-0.05, 0) is 36.4 Å². The highest BCUT2D eigenvalue weighted by atomic mass is 32.1. The van der Waals surface area contributed by atoms with Crippen molar-refractivity contribution in [3.8, 4) is 5.75 Å². The van der Waals surface area contributed by atoms with E-state index >= 15 is 0 Å². The van der Waals surface area contributed by atoms with E-state index < -0.39 is 6.04 Å². The molecule has 1 aromatic carbocycles. The number of amides is 2. The summed E-state index contributed by atoms with van der Waals surface area (Å²) >= 11 is 1.59. The third kappa shape index (κ3) is 4.82. The molecular weight excluding hydrogens is 336 g/mol. The van der Waals surface area contributed by atoms with E-state index in [-0.39, 0.29) is 23.8 Å². The number of thiophene rings is 1. The van der Waals surface area contributed by atoms with Gasteiger partial charge in [0.2, 0.25) is 5.91 Å². The van der Waals surface area contributed by atoms with Gasteiger partial charge in [-0.1, -0.05) is 32.0 Å². The molecule has 2 atom stereocenters. The Hall–Kier alpha value is -2.34. The van der Waals surface area contributed by atoms with Gasteiger partial charge in [-0.3, -0.25) is 9.59 Å². The van der Waals surface area contributed by atoms with Crippen LogP contribution in [0.5, 0.6) is 5.75 Å². The zero-order valence-corrected chi connectivity index (χ0v) is 15.7. The molecule has 1 aromatic heterocycles. The number of hydrogen-bond donors (Lipinski definition) is 2. The van der Waals surface area contributed by atoms with Crippen LogP contribution in [0.3, 0.4) is 0 Å². The van der Waals surface area contributed by atoms with Gasteiger partial charge in [0.25, 0.3) is 5.91 Å². The second-order valence-electron chi connectivity index (χ2n) is 6.14. The summed E-state index contributed by atoms with van der Waals surface area (Å²) in [6.07, 6.45) is 0. The average Bonchev–Trinajstić information content (AvgIpc) is 3.13. The van der Waals surface area contributed by atoms with E-state index in [4.69, 9.17) is 4.74 Å².